The molecule has 0 aromatic rings. The van der Waals surface area contributed by atoms with Crippen LogP contribution in [0.4, 0.5) is 0 Å². The van der Waals surface area contributed by atoms with Crippen LogP contribution in [-0.2, 0) is 9.47 Å². The highest BCUT2D eigenvalue weighted by molar-refractivity contribution is 4.63. The lowest BCUT2D eigenvalue weighted by Crippen LogP contribution is -2.20. The predicted molar refractivity (Wildman–Crippen MR) is 66.4 cm³/mol. The molecule has 0 heterocycles. The third kappa shape index (κ3) is 13.9. The topological polar surface area (TPSA) is 50.0 Å². The molecule has 0 fully saturated rings. The molecule has 0 radical (unpaired) electrons. The van der Waals surface area contributed by atoms with Gasteiger partial charge < -0.3 is 14.9 Å². The van der Waals surface area contributed by atoms with E-state index >= 15 is 0 Å². The summed E-state index contributed by atoms with van der Waals surface area (Å²) in [6, 6.07) is 0. The van der Waals surface area contributed by atoms with Gasteiger partial charge in [0.05, 0.1) is 11.2 Å². The Bertz CT molecular complexity index is 103. The summed E-state index contributed by atoms with van der Waals surface area (Å²) >= 11 is 0. The van der Waals surface area contributed by atoms with Crippen molar-refractivity contribution in [1.29, 1.82) is 0 Å². The minimum Gasteiger partial charge on any atom is -0.412 e. The highest BCUT2D eigenvalue weighted by atomic mass is 16.5. The van der Waals surface area contributed by atoms with E-state index in [-0.39, 0.29) is 16.7 Å². The number of rotatable bonds is 4. The van der Waals surface area contributed by atoms with E-state index in [0.29, 0.717) is 0 Å². The summed E-state index contributed by atoms with van der Waals surface area (Å²) in [7, 11) is 3.48. The summed E-state index contributed by atoms with van der Waals surface area (Å²) in [5, 5.41) is 0. The predicted octanol–water partition coefficient (Wildman–Crippen LogP) is 2.82. The molecule has 0 saturated heterocycles. The maximum atomic E-state index is 5.09. The number of hydrogen-bond donors (Lipinski definition) is 0. The third-order valence-electron chi connectivity index (χ3n) is 2.81. The number of methoxy groups -OCH3 is 2. The SMILES string of the molecule is CCC(C)(C)OC.CCC(C)(C)OC.O. The van der Waals surface area contributed by atoms with Crippen LogP contribution in [0.15, 0.2) is 0 Å². The minimum absolute atomic E-state index is 0. The molecule has 0 aliphatic heterocycles. The molecule has 0 aliphatic rings. The van der Waals surface area contributed by atoms with Gasteiger partial charge in [0.1, 0.15) is 0 Å². The zero-order valence-electron chi connectivity index (χ0n) is 11.7. The summed E-state index contributed by atoms with van der Waals surface area (Å²) in [6.07, 6.45) is 2.15. The van der Waals surface area contributed by atoms with Crippen molar-refractivity contribution >= 4 is 0 Å². The fraction of sp³-hybridized carbons (Fsp3) is 1.00. The van der Waals surface area contributed by atoms with Gasteiger partial charge in [-0.1, -0.05) is 13.8 Å². The molecule has 0 atom stereocenters. The molecule has 96 valence electrons. The Morgan fingerprint density at radius 3 is 0.933 bits per heavy atom. The Labute approximate surface area is 95.5 Å². The molecule has 0 aromatic heterocycles. The van der Waals surface area contributed by atoms with Gasteiger partial charge >= 0.3 is 0 Å². The largest absolute Gasteiger partial charge is 0.412 e. The van der Waals surface area contributed by atoms with Crippen molar-refractivity contribution in [2.45, 2.75) is 65.6 Å². The Morgan fingerprint density at radius 1 is 0.733 bits per heavy atom. The zero-order chi connectivity index (χ0) is 11.8. The highest BCUT2D eigenvalue weighted by Crippen LogP contribution is 2.10. The Morgan fingerprint density at radius 2 is 0.933 bits per heavy atom. The second-order valence-corrected chi connectivity index (χ2v) is 4.63. The first-order valence-corrected chi connectivity index (χ1v) is 5.35. The van der Waals surface area contributed by atoms with E-state index in [4.69, 9.17) is 9.47 Å². The summed E-state index contributed by atoms with van der Waals surface area (Å²) in [4.78, 5) is 0. The second kappa shape index (κ2) is 9.13. The first-order valence-electron chi connectivity index (χ1n) is 5.35. The van der Waals surface area contributed by atoms with Crippen LogP contribution in [0.2, 0.25) is 0 Å². The van der Waals surface area contributed by atoms with Gasteiger partial charge in [-0.2, -0.15) is 0 Å². The van der Waals surface area contributed by atoms with Gasteiger partial charge in [0.15, 0.2) is 0 Å². The standard InChI is InChI=1S/2C6H14O.H2O/c2*1-5-6(2,3)7-4;/h2*5H2,1-4H3;1H2. The van der Waals surface area contributed by atoms with E-state index in [1.54, 1.807) is 14.2 Å². The first-order chi connectivity index (χ1) is 6.24. The van der Waals surface area contributed by atoms with Crippen LogP contribution in [0, 0.1) is 0 Å². The van der Waals surface area contributed by atoms with Crippen LogP contribution < -0.4 is 0 Å². The molecule has 0 spiro atoms. The number of hydrogen-bond acceptors (Lipinski definition) is 2. The van der Waals surface area contributed by atoms with E-state index in [9.17, 15) is 0 Å². The van der Waals surface area contributed by atoms with Crippen molar-refractivity contribution in [3.63, 3.8) is 0 Å². The Balaban J connectivity index is -0.000000180. The van der Waals surface area contributed by atoms with E-state index in [2.05, 4.69) is 41.5 Å². The molecular weight excluding hydrogens is 192 g/mol. The molecule has 0 saturated carbocycles. The van der Waals surface area contributed by atoms with Gasteiger partial charge in [0.25, 0.3) is 0 Å². The van der Waals surface area contributed by atoms with Gasteiger partial charge in [-0.05, 0) is 40.5 Å². The van der Waals surface area contributed by atoms with E-state index in [1.807, 2.05) is 0 Å². The third-order valence-corrected chi connectivity index (χ3v) is 2.81. The molecule has 0 bridgehead atoms. The average Bonchev–Trinajstić information content (AvgIpc) is 2.19. The fourth-order valence-corrected chi connectivity index (χ4v) is 0.289. The molecule has 3 heteroatoms. The maximum absolute atomic E-state index is 5.09. The van der Waals surface area contributed by atoms with Crippen LogP contribution in [0.25, 0.3) is 0 Å². The van der Waals surface area contributed by atoms with E-state index < -0.39 is 0 Å². The van der Waals surface area contributed by atoms with Gasteiger partial charge in [-0.15, -0.1) is 0 Å². The lowest BCUT2D eigenvalue weighted by Gasteiger charge is -2.19. The van der Waals surface area contributed by atoms with Gasteiger partial charge in [0, 0.05) is 14.2 Å². The quantitative estimate of drug-likeness (QED) is 0.734. The molecule has 0 rings (SSSR count). The number of ether oxygens (including phenoxy) is 2. The van der Waals surface area contributed by atoms with Crippen LogP contribution in [0.3, 0.4) is 0 Å². The van der Waals surface area contributed by atoms with Crippen molar-refractivity contribution in [1.82, 2.24) is 0 Å². The molecule has 0 aromatic carbocycles. The molecular formula is C12H30O3. The van der Waals surface area contributed by atoms with E-state index in [0.717, 1.165) is 12.8 Å². The average molecular weight is 222 g/mol. The van der Waals surface area contributed by atoms with Crippen LogP contribution in [-0.4, -0.2) is 30.9 Å². The first kappa shape index (κ1) is 20.3. The molecule has 15 heavy (non-hydrogen) atoms. The molecule has 0 unspecified atom stereocenters. The van der Waals surface area contributed by atoms with Gasteiger partial charge in [0.2, 0.25) is 0 Å². The summed E-state index contributed by atoms with van der Waals surface area (Å²) in [5.41, 5.74) is 0.167. The fourth-order valence-electron chi connectivity index (χ4n) is 0.289. The Hall–Kier alpha value is -0.120. The monoisotopic (exact) mass is 222 g/mol. The van der Waals surface area contributed by atoms with Crippen LogP contribution >= 0.6 is 0 Å². The molecule has 2 N–H and O–H groups in total. The van der Waals surface area contributed by atoms with Crippen LogP contribution in [0.1, 0.15) is 54.4 Å². The van der Waals surface area contributed by atoms with E-state index in [1.165, 1.54) is 0 Å². The molecule has 0 aliphatic carbocycles. The zero-order valence-corrected chi connectivity index (χ0v) is 11.7. The molecule has 3 nitrogen and oxygen atoms in total. The van der Waals surface area contributed by atoms with Crippen molar-refractivity contribution in [2.24, 2.45) is 0 Å². The second-order valence-electron chi connectivity index (χ2n) is 4.63. The Kier molecular flexibility index (Phi) is 12.4. The normalized spacial score (nSPS) is 11.2. The lowest BCUT2D eigenvalue weighted by molar-refractivity contribution is 0.0194. The summed E-state index contributed by atoms with van der Waals surface area (Å²) in [6.45, 7) is 12.5. The van der Waals surface area contributed by atoms with Crippen molar-refractivity contribution in [3.05, 3.63) is 0 Å². The van der Waals surface area contributed by atoms with Gasteiger partial charge in [-0.3, -0.25) is 0 Å². The molecule has 0 amide bonds. The summed E-state index contributed by atoms with van der Waals surface area (Å²) < 4.78 is 10.2. The van der Waals surface area contributed by atoms with Crippen molar-refractivity contribution in [2.75, 3.05) is 14.2 Å². The van der Waals surface area contributed by atoms with Crippen LogP contribution in [0.5, 0.6) is 0 Å². The summed E-state index contributed by atoms with van der Waals surface area (Å²) in [5.74, 6) is 0. The maximum Gasteiger partial charge on any atom is 0.0620 e. The van der Waals surface area contributed by atoms with Crippen molar-refractivity contribution < 1.29 is 14.9 Å². The van der Waals surface area contributed by atoms with Crippen molar-refractivity contribution in [3.8, 4) is 0 Å². The lowest BCUT2D eigenvalue weighted by atomic mass is 10.1. The smallest absolute Gasteiger partial charge is 0.0620 e. The van der Waals surface area contributed by atoms with Gasteiger partial charge in [-0.25, -0.2) is 0 Å². The minimum atomic E-state index is 0. The highest BCUT2D eigenvalue weighted by Gasteiger charge is 2.11.